The van der Waals surface area contributed by atoms with Gasteiger partial charge in [0, 0.05) is 18.6 Å². The molecule has 2 heteroatoms. The Morgan fingerprint density at radius 2 is 1.87 bits per heavy atom. The normalized spacial score (nSPS) is 34.8. The van der Waals surface area contributed by atoms with E-state index in [1.807, 2.05) is 0 Å². The second-order valence-corrected chi connectivity index (χ2v) is 5.49. The van der Waals surface area contributed by atoms with Crippen LogP contribution in [0.1, 0.15) is 46.0 Å². The third-order valence-electron chi connectivity index (χ3n) is 3.90. The van der Waals surface area contributed by atoms with E-state index in [9.17, 15) is 0 Å². The van der Waals surface area contributed by atoms with Crippen molar-refractivity contribution in [1.82, 2.24) is 10.2 Å². The van der Waals surface area contributed by atoms with Crippen molar-refractivity contribution in [1.29, 1.82) is 0 Å². The number of hydrogen-bond acceptors (Lipinski definition) is 2. The first-order valence-electron chi connectivity index (χ1n) is 6.76. The van der Waals surface area contributed by atoms with Gasteiger partial charge in [-0.2, -0.15) is 0 Å². The average molecular weight is 210 g/mol. The van der Waals surface area contributed by atoms with Gasteiger partial charge in [0.2, 0.25) is 0 Å². The van der Waals surface area contributed by atoms with Crippen LogP contribution in [0.2, 0.25) is 0 Å². The second kappa shape index (κ2) is 5.31. The Morgan fingerprint density at radius 3 is 2.53 bits per heavy atom. The van der Waals surface area contributed by atoms with Crippen molar-refractivity contribution >= 4 is 0 Å². The van der Waals surface area contributed by atoms with E-state index >= 15 is 0 Å². The van der Waals surface area contributed by atoms with Crippen LogP contribution in [-0.2, 0) is 0 Å². The molecule has 0 amide bonds. The van der Waals surface area contributed by atoms with E-state index in [2.05, 4.69) is 24.1 Å². The van der Waals surface area contributed by atoms with Crippen molar-refractivity contribution in [2.45, 2.75) is 58.0 Å². The molecule has 15 heavy (non-hydrogen) atoms. The molecule has 1 N–H and O–H groups in total. The molecule has 0 aromatic carbocycles. The maximum Gasteiger partial charge on any atom is 0.00790 e. The standard InChI is InChI=1S/C13H26N2/c1-3-13-7-9-15(10-12-4-5-12)8-6-11(2)14-13/h11-14H,3-10H2,1-2H3. The van der Waals surface area contributed by atoms with Crippen molar-refractivity contribution in [3.63, 3.8) is 0 Å². The van der Waals surface area contributed by atoms with E-state index in [0.717, 1.165) is 12.0 Å². The van der Waals surface area contributed by atoms with Gasteiger partial charge >= 0.3 is 0 Å². The van der Waals surface area contributed by atoms with Crippen LogP contribution in [0.4, 0.5) is 0 Å². The molecule has 1 heterocycles. The summed E-state index contributed by atoms with van der Waals surface area (Å²) >= 11 is 0. The summed E-state index contributed by atoms with van der Waals surface area (Å²) in [5.41, 5.74) is 0. The first-order chi connectivity index (χ1) is 7.28. The molecule has 0 radical (unpaired) electrons. The van der Waals surface area contributed by atoms with E-state index < -0.39 is 0 Å². The first-order valence-corrected chi connectivity index (χ1v) is 6.76. The number of nitrogens with one attached hydrogen (secondary N) is 1. The molecule has 2 rings (SSSR count). The number of hydrogen-bond donors (Lipinski definition) is 1. The zero-order valence-corrected chi connectivity index (χ0v) is 10.3. The van der Waals surface area contributed by atoms with Crippen molar-refractivity contribution < 1.29 is 0 Å². The van der Waals surface area contributed by atoms with Crippen LogP contribution in [0.3, 0.4) is 0 Å². The van der Waals surface area contributed by atoms with Crippen LogP contribution >= 0.6 is 0 Å². The molecule has 0 bridgehead atoms. The topological polar surface area (TPSA) is 15.3 Å². The number of nitrogens with zero attached hydrogens (tertiary/aromatic N) is 1. The highest BCUT2D eigenvalue weighted by atomic mass is 15.1. The lowest BCUT2D eigenvalue weighted by Gasteiger charge is -2.32. The van der Waals surface area contributed by atoms with Crippen LogP contribution in [0.25, 0.3) is 0 Å². The van der Waals surface area contributed by atoms with Gasteiger partial charge in [0.05, 0.1) is 0 Å². The Morgan fingerprint density at radius 1 is 1.13 bits per heavy atom. The van der Waals surface area contributed by atoms with Gasteiger partial charge in [-0.1, -0.05) is 6.92 Å². The highest BCUT2D eigenvalue weighted by molar-refractivity contribution is 4.81. The minimum absolute atomic E-state index is 0.706. The van der Waals surface area contributed by atoms with Gasteiger partial charge in [-0.25, -0.2) is 0 Å². The molecule has 0 aromatic rings. The quantitative estimate of drug-likeness (QED) is 0.768. The predicted octanol–water partition coefficient (Wildman–Crippen LogP) is 2.25. The summed E-state index contributed by atoms with van der Waals surface area (Å²) in [5, 5.41) is 3.73. The van der Waals surface area contributed by atoms with Crippen molar-refractivity contribution in [3.05, 3.63) is 0 Å². The average Bonchev–Trinajstić information content (AvgIpc) is 3.00. The summed E-state index contributed by atoms with van der Waals surface area (Å²) in [7, 11) is 0. The molecule has 0 aromatic heterocycles. The van der Waals surface area contributed by atoms with Crippen LogP contribution < -0.4 is 5.32 Å². The van der Waals surface area contributed by atoms with Crippen molar-refractivity contribution in [2.75, 3.05) is 19.6 Å². The minimum atomic E-state index is 0.706. The van der Waals surface area contributed by atoms with E-state index in [1.54, 1.807) is 0 Å². The molecule has 2 unspecified atom stereocenters. The molecular formula is C13H26N2. The van der Waals surface area contributed by atoms with Gasteiger partial charge in [-0.3, -0.25) is 0 Å². The molecule has 2 atom stereocenters. The Hall–Kier alpha value is -0.0800. The fraction of sp³-hybridized carbons (Fsp3) is 1.00. The molecule has 1 saturated carbocycles. The maximum atomic E-state index is 3.73. The molecule has 0 spiro atoms. The highest BCUT2D eigenvalue weighted by Gasteiger charge is 2.25. The molecule has 1 saturated heterocycles. The predicted molar refractivity (Wildman–Crippen MR) is 65.1 cm³/mol. The summed E-state index contributed by atoms with van der Waals surface area (Å²) in [6, 6.07) is 1.46. The van der Waals surface area contributed by atoms with E-state index in [0.29, 0.717) is 6.04 Å². The third-order valence-corrected chi connectivity index (χ3v) is 3.90. The van der Waals surface area contributed by atoms with Crippen LogP contribution in [-0.4, -0.2) is 36.6 Å². The minimum Gasteiger partial charge on any atom is -0.311 e. The van der Waals surface area contributed by atoms with Gasteiger partial charge in [-0.05, 0) is 58.0 Å². The Balaban J connectivity index is 1.80. The SMILES string of the molecule is CCC1CCN(CC2CC2)CCC(C)N1. The molecule has 2 nitrogen and oxygen atoms in total. The monoisotopic (exact) mass is 210 g/mol. The largest absolute Gasteiger partial charge is 0.311 e. The van der Waals surface area contributed by atoms with Gasteiger partial charge < -0.3 is 10.2 Å². The van der Waals surface area contributed by atoms with E-state index in [-0.39, 0.29) is 0 Å². The molecule has 1 aliphatic heterocycles. The third kappa shape index (κ3) is 3.76. The Labute approximate surface area is 94.4 Å². The maximum absolute atomic E-state index is 3.73. The summed E-state index contributed by atoms with van der Waals surface area (Å²) in [6.45, 7) is 8.64. The summed E-state index contributed by atoms with van der Waals surface area (Å²) in [6.07, 6.45) is 6.92. The van der Waals surface area contributed by atoms with Gasteiger partial charge in [-0.15, -0.1) is 0 Å². The second-order valence-electron chi connectivity index (χ2n) is 5.49. The molecule has 2 fully saturated rings. The molecular weight excluding hydrogens is 184 g/mol. The summed E-state index contributed by atoms with van der Waals surface area (Å²) in [4.78, 5) is 2.71. The van der Waals surface area contributed by atoms with Crippen molar-refractivity contribution in [2.24, 2.45) is 5.92 Å². The lowest BCUT2D eigenvalue weighted by Crippen LogP contribution is -2.44. The molecule has 1 aliphatic carbocycles. The number of rotatable bonds is 3. The van der Waals surface area contributed by atoms with E-state index in [1.165, 1.54) is 51.7 Å². The fourth-order valence-corrected chi connectivity index (χ4v) is 2.57. The lowest BCUT2D eigenvalue weighted by atomic mass is 10.1. The highest BCUT2D eigenvalue weighted by Crippen LogP contribution is 2.30. The smallest absolute Gasteiger partial charge is 0.00790 e. The summed E-state index contributed by atoms with van der Waals surface area (Å²) < 4.78 is 0. The lowest BCUT2D eigenvalue weighted by molar-refractivity contribution is 0.206. The molecule has 88 valence electrons. The molecule has 2 aliphatic rings. The van der Waals surface area contributed by atoms with Crippen LogP contribution in [0, 0.1) is 5.92 Å². The first kappa shape index (κ1) is 11.4. The van der Waals surface area contributed by atoms with Crippen molar-refractivity contribution in [3.8, 4) is 0 Å². The Bertz CT molecular complexity index is 189. The Kier molecular flexibility index (Phi) is 4.04. The van der Waals surface area contributed by atoms with Gasteiger partial charge in [0.25, 0.3) is 0 Å². The van der Waals surface area contributed by atoms with Crippen LogP contribution in [0.5, 0.6) is 0 Å². The zero-order valence-electron chi connectivity index (χ0n) is 10.3. The van der Waals surface area contributed by atoms with Crippen LogP contribution in [0.15, 0.2) is 0 Å². The van der Waals surface area contributed by atoms with E-state index in [4.69, 9.17) is 0 Å². The van der Waals surface area contributed by atoms with Gasteiger partial charge in [0.15, 0.2) is 0 Å². The fourth-order valence-electron chi connectivity index (χ4n) is 2.57. The van der Waals surface area contributed by atoms with Gasteiger partial charge in [0.1, 0.15) is 0 Å². The zero-order chi connectivity index (χ0) is 10.7. The summed E-state index contributed by atoms with van der Waals surface area (Å²) in [5.74, 6) is 1.05.